The topological polar surface area (TPSA) is 77.8 Å². The van der Waals surface area contributed by atoms with Crippen LogP contribution in [-0.4, -0.2) is 16.0 Å². The quantitative estimate of drug-likeness (QED) is 0.777. The van der Waals surface area contributed by atoms with Crippen LogP contribution < -0.4 is 11.5 Å². The Kier molecular flexibility index (Phi) is 3.60. The molecule has 0 radical (unpaired) electrons. The first-order chi connectivity index (χ1) is 10.5. The second-order valence-electron chi connectivity index (χ2n) is 5.43. The Morgan fingerprint density at radius 2 is 1.77 bits per heavy atom. The fraction of sp³-hybridized carbons (Fsp3) is 0.176. The second kappa shape index (κ2) is 5.44. The van der Waals surface area contributed by atoms with E-state index in [9.17, 15) is 4.39 Å². The molecule has 2 atom stereocenters. The number of nitrogens with two attached hydrogens (primary N) is 2. The normalized spacial score (nSPS) is 15.5. The van der Waals surface area contributed by atoms with Crippen molar-refractivity contribution in [2.45, 2.75) is 18.5 Å². The third kappa shape index (κ3) is 2.34. The van der Waals surface area contributed by atoms with Crippen molar-refractivity contribution < 1.29 is 4.39 Å². The van der Waals surface area contributed by atoms with Gasteiger partial charge in [0.05, 0.1) is 16.6 Å². The second-order valence-corrected chi connectivity index (χ2v) is 5.43. The van der Waals surface area contributed by atoms with E-state index in [4.69, 9.17) is 11.5 Å². The fourth-order valence-corrected chi connectivity index (χ4v) is 2.60. The maximum absolute atomic E-state index is 13.2. The Balaban J connectivity index is 2.18. The summed E-state index contributed by atoms with van der Waals surface area (Å²) in [5.41, 5.74) is 14.8. The van der Waals surface area contributed by atoms with Crippen molar-refractivity contribution in [3.05, 3.63) is 71.8 Å². The average Bonchev–Trinajstić information content (AvgIpc) is 2.54. The number of benzene rings is 1. The lowest BCUT2D eigenvalue weighted by atomic mass is 9.79. The minimum Gasteiger partial charge on any atom is -0.326 e. The summed E-state index contributed by atoms with van der Waals surface area (Å²) in [6.07, 6.45) is 3.41. The molecule has 3 aromatic rings. The highest BCUT2D eigenvalue weighted by atomic mass is 19.1. The van der Waals surface area contributed by atoms with Crippen LogP contribution in [0.4, 0.5) is 4.39 Å². The zero-order valence-corrected chi connectivity index (χ0v) is 12.2. The van der Waals surface area contributed by atoms with Gasteiger partial charge in [0.1, 0.15) is 5.82 Å². The molecule has 0 unspecified atom stereocenters. The van der Waals surface area contributed by atoms with Crippen molar-refractivity contribution in [2.75, 3.05) is 0 Å². The zero-order chi connectivity index (χ0) is 15.7. The summed E-state index contributed by atoms with van der Waals surface area (Å²) >= 11 is 0. The van der Waals surface area contributed by atoms with Crippen LogP contribution in [0.1, 0.15) is 18.1 Å². The molecular weight excluding hydrogens is 279 g/mol. The molecule has 1 aromatic carbocycles. The highest BCUT2D eigenvalue weighted by Crippen LogP contribution is 2.30. The predicted molar refractivity (Wildman–Crippen MR) is 84.6 cm³/mol. The van der Waals surface area contributed by atoms with Gasteiger partial charge >= 0.3 is 0 Å². The molecule has 5 heteroatoms. The van der Waals surface area contributed by atoms with E-state index in [1.165, 1.54) is 12.1 Å². The first-order valence-electron chi connectivity index (χ1n) is 7.03. The van der Waals surface area contributed by atoms with Crippen molar-refractivity contribution in [1.29, 1.82) is 0 Å². The van der Waals surface area contributed by atoms with E-state index in [0.717, 1.165) is 22.2 Å². The fourth-order valence-electron chi connectivity index (χ4n) is 2.60. The number of pyridine rings is 2. The molecule has 0 aliphatic carbocycles. The number of halogens is 1. The summed E-state index contributed by atoms with van der Waals surface area (Å²) < 4.78 is 13.2. The summed E-state index contributed by atoms with van der Waals surface area (Å²) in [7, 11) is 0. The number of hydrogen-bond acceptors (Lipinski definition) is 4. The smallest absolute Gasteiger partial charge is 0.123 e. The van der Waals surface area contributed by atoms with Gasteiger partial charge < -0.3 is 11.5 Å². The maximum Gasteiger partial charge on any atom is 0.123 e. The van der Waals surface area contributed by atoms with Gasteiger partial charge in [-0.3, -0.25) is 9.97 Å². The van der Waals surface area contributed by atoms with Gasteiger partial charge in [0, 0.05) is 18.4 Å². The third-order valence-corrected chi connectivity index (χ3v) is 3.97. The molecule has 0 saturated carbocycles. The lowest BCUT2D eigenvalue weighted by Crippen LogP contribution is -2.51. The average molecular weight is 296 g/mol. The molecule has 0 saturated heterocycles. The van der Waals surface area contributed by atoms with Crippen molar-refractivity contribution >= 4 is 11.0 Å². The molecule has 3 rings (SSSR count). The Hall–Kier alpha value is -2.37. The van der Waals surface area contributed by atoms with Crippen LogP contribution in [0.15, 0.2) is 54.9 Å². The molecule has 0 spiro atoms. The van der Waals surface area contributed by atoms with Crippen LogP contribution in [0.25, 0.3) is 11.0 Å². The van der Waals surface area contributed by atoms with Gasteiger partial charge in [0.2, 0.25) is 0 Å². The Morgan fingerprint density at radius 3 is 2.45 bits per heavy atom. The Morgan fingerprint density at radius 1 is 1.05 bits per heavy atom. The number of aromatic nitrogens is 2. The molecule has 0 aliphatic heterocycles. The van der Waals surface area contributed by atoms with Crippen molar-refractivity contribution in [3.8, 4) is 0 Å². The van der Waals surface area contributed by atoms with Crippen LogP contribution >= 0.6 is 0 Å². The third-order valence-electron chi connectivity index (χ3n) is 3.97. The molecule has 2 aromatic heterocycles. The minimum atomic E-state index is -0.966. The monoisotopic (exact) mass is 296 g/mol. The molecule has 0 aliphatic rings. The minimum absolute atomic E-state index is 0.311. The van der Waals surface area contributed by atoms with Crippen molar-refractivity contribution in [2.24, 2.45) is 11.5 Å². The highest BCUT2D eigenvalue weighted by molar-refractivity contribution is 5.74. The van der Waals surface area contributed by atoms with E-state index in [1.54, 1.807) is 24.5 Å². The van der Waals surface area contributed by atoms with Crippen LogP contribution in [-0.2, 0) is 5.54 Å². The van der Waals surface area contributed by atoms with Crippen LogP contribution in [0.5, 0.6) is 0 Å². The van der Waals surface area contributed by atoms with Gasteiger partial charge in [0.25, 0.3) is 0 Å². The van der Waals surface area contributed by atoms with Gasteiger partial charge in [-0.15, -0.1) is 0 Å². The summed E-state index contributed by atoms with van der Waals surface area (Å²) in [4.78, 5) is 8.70. The van der Waals surface area contributed by atoms with E-state index < -0.39 is 5.54 Å². The number of rotatable bonds is 3. The van der Waals surface area contributed by atoms with E-state index in [1.807, 2.05) is 25.1 Å². The van der Waals surface area contributed by atoms with Crippen molar-refractivity contribution in [3.63, 3.8) is 0 Å². The summed E-state index contributed by atoms with van der Waals surface area (Å²) in [5, 5.41) is 0. The molecule has 0 bridgehead atoms. The molecule has 4 N–H and O–H groups in total. The zero-order valence-electron chi connectivity index (χ0n) is 12.2. The Bertz CT molecular complexity index is 801. The van der Waals surface area contributed by atoms with Crippen molar-refractivity contribution in [1.82, 2.24) is 9.97 Å². The SMILES string of the molecule is C[C@H](N)[C@](N)(c1ccc(F)cc1)c1cnc2cccnc2c1. The predicted octanol–water partition coefficient (Wildman–Crippen LogP) is 2.32. The number of hydrogen-bond donors (Lipinski definition) is 2. The molecule has 0 fully saturated rings. The highest BCUT2D eigenvalue weighted by Gasteiger charge is 2.34. The first kappa shape index (κ1) is 14.6. The van der Waals surface area contributed by atoms with E-state index in [0.29, 0.717) is 0 Å². The lowest BCUT2D eigenvalue weighted by molar-refractivity contribution is 0.444. The van der Waals surface area contributed by atoms with Crippen LogP contribution in [0.3, 0.4) is 0 Å². The summed E-state index contributed by atoms with van der Waals surface area (Å²) in [6, 6.07) is 11.3. The van der Waals surface area contributed by atoms with E-state index in [2.05, 4.69) is 9.97 Å². The van der Waals surface area contributed by atoms with Gasteiger partial charge in [-0.2, -0.15) is 0 Å². The van der Waals surface area contributed by atoms with Gasteiger partial charge in [-0.1, -0.05) is 12.1 Å². The molecule has 22 heavy (non-hydrogen) atoms. The van der Waals surface area contributed by atoms with E-state index >= 15 is 0 Å². The number of fused-ring (bicyclic) bond motifs is 1. The molecule has 4 nitrogen and oxygen atoms in total. The maximum atomic E-state index is 13.2. The van der Waals surface area contributed by atoms with Crippen LogP contribution in [0.2, 0.25) is 0 Å². The van der Waals surface area contributed by atoms with E-state index in [-0.39, 0.29) is 11.9 Å². The van der Waals surface area contributed by atoms with Crippen LogP contribution in [0, 0.1) is 5.82 Å². The Labute approximate surface area is 128 Å². The summed E-state index contributed by atoms with van der Waals surface area (Å²) in [6.45, 7) is 1.83. The van der Waals surface area contributed by atoms with Gasteiger partial charge in [-0.25, -0.2) is 4.39 Å². The van der Waals surface area contributed by atoms with Gasteiger partial charge in [-0.05, 0) is 48.4 Å². The number of nitrogens with zero attached hydrogens (tertiary/aromatic N) is 2. The first-order valence-corrected chi connectivity index (χ1v) is 7.03. The molecule has 112 valence electrons. The lowest BCUT2D eigenvalue weighted by Gasteiger charge is -2.34. The van der Waals surface area contributed by atoms with Gasteiger partial charge in [0.15, 0.2) is 0 Å². The molecule has 0 amide bonds. The molecule has 2 heterocycles. The summed E-state index contributed by atoms with van der Waals surface area (Å²) in [5.74, 6) is -0.311. The largest absolute Gasteiger partial charge is 0.326 e. The molecular formula is C17H17FN4. The standard InChI is InChI=1S/C17H17FN4/c1-11(19)17(20,12-4-6-14(18)7-5-12)13-9-16-15(22-10-13)3-2-8-21-16/h2-11H,19-20H2,1H3/t11-,17-/m0/s1.